The van der Waals surface area contributed by atoms with Crippen LogP contribution in [0.5, 0.6) is 0 Å². The second-order valence-corrected chi connectivity index (χ2v) is 19.1. The number of pyridine rings is 1. The maximum absolute atomic E-state index is 6.71. The number of hydrogen-bond acceptors (Lipinski definition) is 4. The van der Waals surface area contributed by atoms with E-state index in [-0.39, 0.29) is 0 Å². The Morgan fingerprint density at radius 2 is 0.831 bits per heavy atom. The zero-order valence-electron chi connectivity index (χ0n) is 34.9. The van der Waals surface area contributed by atoms with Gasteiger partial charge in [-0.05, 0) is 106 Å². The van der Waals surface area contributed by atoms with Gasteiger partial charge in [-0.2, -0.15) is 0 Å². The van der Waals surface area contributed by atoms with E-state index in [4.69, 9.17) is 9.40 Å². The fraction of sp³-hybridized carbons (Fsp3) is 0. The number of para-hydroxylation sites is 2. The highest BCUT2D eigenvalue weighted by Gasteiger charge is 2.22. The Morgan fingerprint density at radius 1 is 0.308 bits per heavy atom. The zero-order chi connectivity index (χ0) is 42.6. The van der Waals surface area contributed by atoms with Crippen molar-refractivity contribution in [2.75, 3.05) is 0 Å². The van der Waals surface area contributed by atoms with Gasteiger partial charge < -0.3 is 4.42 Å². The van der Waals surface area contributed by atoms with E-state index in [1.54, 1.807) is 0 Å². The van der Waals surface area contributed by atoms with Gasteiger partial charge in [-0.25, -0.2) is 4.98 Å². The molecule has 0 spiro atoms. The smallest absolute Gasteiger partial charge is 0.136 e. The molecule has 65 heavy (non-hydrogen) atoms. The highest BCUT2D eigenvalue weighted by atomic mass is 32.1. The van der Waals surface area contributed by atoms with Crippen LogP contribution in [-0.2, 0) is 0 Å². The molecule has 0 aliphatic heterocycles. The van der Waals surface area contributed by atoms with Gasteiger partial charge in [-0.1, -0.05) is 146 Å². The van der Waals surface area contributed by atoms with Crippen LogP contribution in [0.1, 0.15) is 0 Å². The van der Waals surface area contributed by atoms with E-state index in [1.165, 1.54) is 73.5 Å². The molecule has 0 atom stereocenters. The lowest BCUT2D eigenvalue weighted by Gasteiger charge is -2.16. The Hall–Kier alpha value is -7.89. The largest absolute Gasteiger partial charge is 0.456 e. The minimum atomic E-state index is 0.856. The van der Waals surface area contributed by atoms with Crippen LogP contribution in [0.2, 0.25) is 0 Å². The van der Waals surface area contributed by atoms with Crippen molar-refractivity contribution in [2.24, 2.45) is 0 Å². The maximum Gasteiger partial charge on any atom is 0.136 e. The lowest BCUT2D eigenvalue weighted by Crippen LogP contribution is -1.93. The highest BCUT2D eigenvalue weighted by Crippen LogP contribution is 2.48. The fourth-order valence-corrected chi connectivity index (χ4v) is 12.7. The van der Waals surface area contributed by atoms with Crippen molar-refractivity contribution in [3.8, 4) is 55.8 Å². The Bertz CT molecular complexity index is 4120. The number of hydrogen-bond donors (Lipinski definition) is 0. The summed E-state index contributed by atoms with van der Waals surface area (Å²) >= 11 is 3.73. The molecular weight excluding hydrogens is 827 g/mol. The molecule has 14 aromatic rings. The molecule has 0 bridgehead atoms. The van der Waals surface area contributed by atoms with Crippen LogP contribution in [0.25, 0.3) is 140 Å². The molecule has 0 amide bonds. The molecule has 0 fully saturated rings. The Kier molecular flexibility index (Phi) is 8.06. The first-order valence-electron chi connectivity index (χ1n) is 22.0. The molecule has 0 aliphatic carbocycles. The average Bonchev–Trinajstić information content (AvgIpc) is 4.07. The monoisotopic (exact) mass is 861 g/mol. The van der Waals surface area contributed by atoms with Gasteiger partial charge in [-0.15, -0.1) is 22.7 Å². The van der Waals surface area contributed by atoms with Gasteiger partial charge >= 0.3 is 0 Å². The first-order chi connectivity index (χ1) is 32.2. The molecule has 14 rings (SSSR count). The number of benzene rings is 10. The summed E-state index contributed by atoms with van der Waals surface area (Å²) in [4.78, 5) is 5.51. The summed E-state index contributed by atoms with van der Waals surface area (Å²) in [5.41, 5.74) is 14.2. The highest BCUT2D eigenvalue weighted by molar-refractivity contribution is 7.26. The van der Waals surface area contributed by atoms with Gasteiger partial charge in [0.1, 0.15) is 11.2 Å². The SMILES string of the molecule is c1ccc(-c2c3c(cc4c(-c5cccc(-c6cc(-c7cccc8sc9ccccc9c78)cc(-c7cccc8sc9ccccc9c78)c6)c5)nc5ccccc5c24)oc2ccccc23)cc1. The predicted molar refractivity (Wildman–Crippen MR) is 279 cm³/mol. The predicted octanol–water partition coefficient (Wildman–Crippen LogP) is 18.4. The number of nitrogens with zero attached hydrogens (tertiary/aromatic N) is 1. The van der Waals surface area contributed by atoms with E-state index in [1.807, 2.05) is 28.7 Å². The van der Waals surface area contributed by atoms with Crippen molar-refractivity contribution in [1.82, 2.24) is 4.98 Å². The number of aromatic nitrogens is 1. The quantitative estimate of drug-likeness (QED) is 0.161. The molecule has 0 N–H and O–H groups in total. The molecule has 4 aromatic heterocycles. The second-order valence-electron chi connectivity index (χ2n) is 16.9. The average molecular weight is 862 g/mol. The lowest BCUT2D eigenvalue weighted by atomic mass is 9.88. The number of furan rings is 1. The molecular formula is C61H35NOS2. The minimum Gasteiger partial charge on any atom is -0.456 e. The van der Waals surface area contributed by atoms with Crippen molar-refractivity contribution in [3.63, 3.8) is 0 Å². The third-order valence-corrected chi connectivity index (χ3v) is 15.5. The Morgan fingerprint density at radius 3 is 1.54 bits per heavy atom. The van der Waals surface area contributed by atoms with Crippen molar-refractivity contribution in [3.05, 3.63) is 212 Å². The van der Waals surface area contributed by atoms with Gasteiger partial charge in [-0.3, -0.25) is 0 Å². The molecule has 4 heterocycles. The summed E-state index contributed by atoms with van der Waals surface area (Å²) in [6.45, 7) is 0. The topological polar surface area (TPSA) is 26.0 Å². The van der Waals surface area contributed by atoms with Crippen LogP contribution >= 0.6 is 22.7 Å². The first kappa shape index (κ1) is 36.6. The van der Waals surface area contributed by atoms with E-state index >= 15 is 0 Å². The van der Waals surface area contributed by atoms with Crippen molar-refractivity contribution in [1.29, 1.82) is 0 Å². The van der Waals surface area contributed by atoms with Gasteiger partial charge in [0, 0.05) is 78.4 Å². The molecule has 10 aromatic carbocycles. The summed E-state index contributed by atoms with van der Waals surface area (Å²) in [6, 6.07) is 77.4. The van der Waals surface area contributed by atoms with Crippen LogP contribution in [0.4, 0.5) is 0 Å². The lowest BCUT2D eigenvalue weighted by molar-refractivity contribution is 0.669. The van der Waals surface area contributed by atoms with E-state index in [0.29, 0.717) is 0 Å². The van der Waals surface area contributed by atoms with Crippen molar-refractivity contribution >= 4 is 107 Å². The Labute approximate surface area is 381 Å². The normalized spacial score (nSPS) is 12.0. The van der Waals surface area contributed by atoms with Crippen molar-refractivity contribution < 1.29 is 4.42 Å². The summed E-state index contributed by atoms with van der Waals surface area (Å²) in [5.74, 6) is 0. The third kappa shape index (κ3) is 5.68. The molecule has 302 valence electrons. The number of fused-ring (bicyclic) bond motifs is 12. The molecule has 4 heteroatoms. The standard InChI is InChI=1S/C61H35NOS2/c1-2-15-36(16-3-1)56-59-44-19-4-8-25-49(44)62-61(48(59)35-51-60(56)45-20-5-9-26-50(45)63-51)38-18-12-17-37(31-38)39-32-40(42-23-13-29-54-57(42)46-21-6-10-27-52(46)64-54)34-41(33-39)43-24-14-30-55-58(43)47-22-7-11-28-53(47)65-55/h1-35H. The van der Waals surface area contributed by atoms with Crippen LogP contribution in [-0.4, -0.2) is 4.98 Å². The molecule has 0 saturated heterocycles. The summed E-state index contributed by atoms with van der Waals surface area (Å²) in [7, 11) is 0. The zero-order valence-corrected chi connectivity index (χ0v) is 36.5. The summed E-state index contributed by atoms with van der Waals surface area (Å²) in [6.07, 6.45) is 0. The molecule has 0 unspecified atom stereocenters. The van der Waals surface area contributed by atoms with Crippen LogP contribution in [0.15, 0.2) is 217 Å². The molecule has 0 radical (unpaired) electrons. The second kappa shape index (κ2) is 14.3. The Balaban J connectivity index is 1.04. The first-order valence-corrected chi connectivity index (χ1v) is 23.6. The van der Waals surface area contributed by atoms with Gasteiger partial charge in [0.15, 0.2) is 0 Å². The van der Waals surface area contributed by atoms with E-state index in [9.17, 15) is 0 Å². The summed E-state index contributed by atoms with van der Waals surface area (Å²) in [5, 5.41) is 10.8. The van der Waals surface area contributed by atoms with E-state index < -0.39 is 0 Å². The molecule has 0 saturated carbocycles. The van der Waals surface area contributed by atoms with E-state index in [0.717, 1.165) is 66.2 Å². The van der Waals surface area contributed by atoms with E-state index in [2.05, 4.69) is 206 Å². The van der Waals surface area contributed by atoms with Gasteiger partial charge in [0.25, 0.3) is 0 Å². The summed E-state index contributed by atoms with van der Waals surface area (Å²) < 4.78 is 11.9. The third-order valence-electron chi connectivity index (χ3n) is 13.2. The van der Waals surface area contributed by atoms with Crippen LogP contribution in [0.3, 0.4) is 0 Å². The number of thiophene rings is 2. The number of rotatable bonds is 5. The maximum atomic E-state index is 6.71. The van der Waals surface area contributed by atoms with Gasteiger partial charge in [0.05, 0.1) is 11.2 Å². The van der Waals surface area contributed by atoms with Crippen LogP contribution < -0.4 is 0 Å². The minimum absolute atomic E-state index is 0.856. The molecule has 2 nitrogen and oxygen atoms in total. The van der Waals surface area contributed by atoms with Crippen LogP contribution in [0, 0.1) is 0 Å². The van der Waals surface area contributed by atoms with Gasteiger partial charge in [0.2, 0.25) is 0 Å². The fourth-order valence-electron chi connectivity index (χ4n) is 10.4. The molecule has 0 aliphatic rings. The van der Waals surface area contributed by atoms with Crippen molar-refractivity contribution in [2.45, 2.75) is 0 Å².